The van der Waals surface area contributed by atoms with Gasteiger partial charge in [-0.15, -0.1) is 0 Å². The van der Waals surface area contributed by atoms with Crippen LogP contribution < -0.4 is 10.1 Å². The summed E-state index contributed by atoms with van der Waals surface area (Å²) in [4.78, 5) is 14.3. The zero-order valence-corrected chi connectivity index (χ0v) is 13.0. The third-order valence-corrected chi connectivity index (χ3v) is 4.12. The molecule has 4 nitrogen and oxygen atoms in total. The van der Waals surface area contributed by atoms with Crippen molar-refractivity contribution in [2.24, 2.45) is 0 Å². The molecule has 1 aromatic rings. The number of nitrogens with one attached hydrogen (secondary N) is 1. The molecular weight excluding hydrogens is 290 g/mol. The average Bonchev–Trinajstić information content (AvgIpc) is 2.73. The number of likely N-dealkylation sites (N-methyl/N-ethyl adjacent to an activating group) is 1. The van der Waals surface area contributed by atoms with Crippen molar-refractivity contribution in [1.82, 2.24) is 10.2 Å². The van der Waals surface area contributed by atoms with Crippen molar-refractivity contribution in [1.29, 1.82) is 0 Å². The van der Waals surface area contributed by atoms with Crippen LogP contribution in [0, 0.1) is 11.6 Å². The summed E-state index contributed by atoms with van der Waals surface area (Å²) in [6, 6.07) is 2.58. The minimum Gasteiger partial charge on any atom is -0.494 e. The van der Waals surface area contributed by atoms with Gasteiger partial charge >= 0.3 is 0 Å². The standard InChI is InChI=1S/C16H22F2N2O2/c1-20-9-5-3-4-6-12(20)16(21)19-10-11-7-8-13(22-2)15(18)14(11)17/h7-8,12H,3-6,9-10H2,1-2H3,(H,19,21). The number of carbonyl (C=O) groups excluding carboxylic acids is 1. The predicted molar refractivity (Wildman–Crippen MR) is 79.6 cm³/mol. The van der Waals surface area contributed by atoms with Crippen LogP contribution in [0.1, 0.15) is 31.2 Å². The summed E-state index contributed by atoms with van der Waals surface area (Å²) in [7, 11) is 3.20. The number of amides is 1. The van der Waals surface area contributed by atoms with Gasteiger partial charge in [0.05, 0.1) is 13.2 Å². The van der Waals surface area contributed by atoms with Gasteiger partial charge in [-0.25, -0.2) is 4.39 Å². The normalized spacial score (nSPS) is 19.5. The number of benzene rings is 1. The molecule has 1 aliphatic heterocycles. The quantitative estimate of drug-likeness (QED) is 0.928. The zero-order chi connectivity index (χ0) is 16.1. The fraction of sp³-hybridized carbons (Fsp3) is 0.562. The van der Waals surface area contributed by atoms with Crippen molar-refractivity contribution in [2.75, 3.05) is 20.7 Å². The lowest BCUT2D eigenvalue weighted by atomic mass is 10.1. The molecule has 1 N–H and O–H groups in total. The molecule has 1 unspecified atom stereocenters. The van der Waals surface area contributed by atoms with E-state index in [1.807, 2.05) is 11.9 Å². The van der Waals surface area contributed by atoms with Crippen molar-refractivity contribution >= 4 is 5.91 Å². The molecular formula is C16H22F2N2O2. The average molecular weight is 312 g/mol. The third-order valence-electron chi connectivity index (χ3n) is 4.12. The molecule has 0 bridgehead atoms. The van der Waals surface area contributed by atoms with Crippen molar-refractivity contribution in [2.45, 2.75) is 38.3 Å². The van der Waals surface area contributed by atoms with Crippen LogP contribution in [-0.4, -0.2) is 37.6 Å². The number of hydrogen-bond acceptors (Lipinski definition) is 3. The van der Waals surface area contributed by atoms with Crippen LogP contribution in [0.3, 0.4) is 0 Å². The van der Waals surface area contributed by atoms with Gasteiger partial charge in [-0.1, -0.05) is 18.9 Å². The first-order valence-electron chi connectivity index (χ1n) is 7.53. The van der Waals surface area contributed by atoms with Crippen LogP contribution in [0.2, 0.25) is 0 Å². The molecule has 1 aromatic carbocycles. The highest BCUT2D eigenvalue weighted by molar-refractivity contribution is 5.81. The highest BCUT2D eigenvalue weighted by Gasteiger charge is 2.24. The number of rotatable bonds is 4. The van der Waals surface area contributed by atoms with Gasteiger partial charge < -0.3 is 10.1 Å². The van der Waals surface area contributed by atoms with E-state index in [2.05, 4.69) is 5.32 Å². The molecule has 6 heteroatoms. The summed E-state index contributed by atoms with van der Waals surface area (Å²) in [6.07, 6.45) is 4.00. The third kappa shape index (κ3) is 3.74. The van der Waals surface area contributed by atoms with E-state index in [1.165, 1.54) is 19.2 Å². The van der Waals surface area contributed by atoms with Crippen molar-refractivity contribution in [3.05, 3.63) is 29.3 Å². The van der Waals surface area contributed by atoms with Gasteiger partial charge in [0.2, 0.25) is 11.7 Å². The Kier molecular flexibility index (Phi) is 5.71. The van der Waals surface area contributed by atoms with Crippen LogP contribution in [-0.2, 0) is 11.3 Å². The van der Waals surface area contributed by atoms with Crippen LogP contribution in [0.5, 0.6) is 5.75 Å². The second kappa shape index (κ2) is 7.54. The maximum atomic E-state index is 13.9. The zero-order valence-electron chi connectivity index (χ0n) is 13.0. The van der Waals surface area contributed by atoms with Gasteiger partial charge in [0.25, 0.3) is 0 Å². The minimum absolute atomic E-state index is 0.0318. The molecule has 0 spiro atoms. The molecule has 0 aliphatic carbocycles. The molecule has 1 saturated heterocycles. The summed E-state index contributed by atoms with van der Waals surface area (Å²) >= 11 is 0. The molecule has 1 heterocycles. The lowest BCUT2D eigenvalue weighted by Crippen LogP contribution is -2.44. The monoisotopic (exact) mass is 312 g/mol. The molecule has 1 atom stereocenters. The van der Waals surface area contributed by atoms with Gasteiger partial charge in [0, 0.05) is 12.1 Å². The fourth-order valence-corrected chi connectivity index (χ4v) is 2.75. The van der Waals surface area contributed by atoms with Crippen LogP contribution >= 0.6 is 0 Å². The maximum absolute atomic E-state index is 13.9. The Hall–Kier alpha value is -1.69. The van der Waals surface area contributed by atoms with Gasteiger partial charge in [0.1, 0.15) is 0 Å². The summed E-state index contributed by atoms with van der Waals surface area (Å²) in [5.41, 5.74) is 0.114. The van der Waals surface area contributed by atoms with Crippen LogP contribution in [0.4, 0.5) is 8.78 Å². The molecule has 1 amide bonds. The molecule has 122 valence electrons. The SMILES string of the molecule is COc1ccc(CNC(=O)C2CCCCCN2C)c(F)c1F. The summed E-state index contributed by atoms with van der Waals surface area (Å²) < 4.78 is 32.2. The number of methoxy groups -OCH3 is 1. The number of carbonyl (C=O) groups is 1. The number of likely N-dealkylation sites (tertiary alicyclic amines) is 1. The van der Waals surface area contributed by atoms with E-state index < -0.39 is 11.6 Å². The molecule has 2 rings (SSSR count). The van der Waals surface area contributed by atoms with E-state index in [0.29, 0.717) is 0 Å². The minimum atomic E-state index is -1.03. The van der Waals surface area contributed by atoms with E-state index in [9.17, 15) is 13.6 Å². The molecule has 1 aliphatic rings. The number of ether oxygens (including phenoxy) is 1. The largest absolute Gasteiger partial charge is 0.494 e. The highest BCUT2D eigenvalue weighted by atomic mass is 19.2. The predicted octanol–water partition coefficient (Wildman–Crippen LogP) is 2.46. The lowest BCUT2D eigenvalue weighted by molar-refractivity contribution is -0.126. The lowest BCUT2D eigenvalue weighted by Gasteiger charge is -2.24. The Morgan fingerprint density at radius 1 is 1.32 bits per heavy atom. The van der Waals surface area contributed by atoms with Gasteiger partial charge in [0.15, 0.2) is 11.6 Å². The summed E-state index contributed by atoms with van der Waals surface area (Å²) in [5.74, 6) is -2.29. The van der Waals surface area contributed by atoms with E-state index >= 15 is 0 Å². The molecule has 22 heavy (non-hydrogen) atoms. The molecule has 1 fully saturated rings. The van der Waals surface area contributed by atoms with Crippen molar-refractivity contribution in [3.63, 3.8) is 0 Å². The number of hydrogen-bond donors (Lipinski definition) is 1. The first-order valence-corrected chi connectivity index (χ1v) is 7.53. The molecule has 0 aromatic heterocycles. The van der Waals surface area contributed by atoms with Gasteiger partial charge in [-0.2, -0.15) is 4.39 Å². The van der Waals surface area contributed by atoms with E-state index in [1.54, 1.807) is 0 Å². The van der Waals surface area contributed by atoms with Gasteiger partial charge in [-0.05, 0) is 32.5 Å². The fourth-order valence-electron chi connectivity index (χ4n) is 2.75. The summed E-state index contributed by atoms with van der Waals surface area (Å²) in [6.45, 7) is 0.847. The highest BCUT2D eigenvalue weighted by Crippen LogP contribution is 2.22. The number of nitrogens with zero attached hydrogens (tertiary/aromatic N) is 1. The number of halogens is 2. The smallest absolute Gasteiger partial charge is 0.237 e. The van der Waals surface area contributed by atoms with E-state index in [0.717, 1.165) is 32.2 Å². The van der Waals surface area contributed by atoms with Crippen LogP contribution in [0.25, 0.3) is 0 Å². The van der Waals surface area contributed by atoms with Gasteiger partial charge in [-0.3, -0.25) is 9.69 Å². The first kappa shape index (κ1) is 16.7. The second-order valence-corrected chi connectivity index (χ2v) is 5.62. The Bertz CT molecular complexity index is 537. The molecule has 0 saturated carbocycles. The van der Waals surface area contributed by atoms with Crippen LogP contribution in [0.15, 0.2) is 12.1 Å². The van der Waals surface area contributed by atoms with E-state index in [-0.39, 0.29) is 29.8 Å². The maximum Gasteiger partial charge on any atom is 0.237 e. The first-order chi connectivity index (χ1) is 10.5. The topological polar surface area (TPSA) is 41.6 Å². The van der Waals surface area contributed by atoms with Crippen molar-refractivity contribution in [3.8, 4) is 5.75 Å². The molecule has 0 radical (unpaired) electrons. The Morgan fingerprint density at radius 2 is 2.09 bits per heavy atom. The Labute approximate surface area is 129 Å². The Morgan fingerprint density at radius 3 is 2.82 bits per heavy atom. The van der Waals surface area contributed by atoms with Crippen molar-refractivity contribution < 1.29 is 18.3 Å². The summed E-state index contributed by atoms with van der Waals surface area (Å²) in [5, 5.41) is 2.70. The van der Waals surface area contributed by atoms with E-state index in [4.69, 9.17) is 4.74 Å². The second-order valence-electron chi connectivity index (χ2n) is 5.62. The Balaban J connectivity index is 2.00.